The molecular weight excluding hydrogens is 404 g/mol. The maximum atomic E-state index is 15.0. The standard InChI is InChI=1S/C26H30F4O/c1-3-4-16-5-7-17(8-6-16)9-10-18-15(2)13-21(26(30)23(18)27)19-11-12-20(22-14-31-22)25(29)24(19)28/h11-13,16-17,22H,3-10,14H2,1-2H3. The van der Waals surface area contributed by atoms with Crippen molar-refractivity contribution in [2.45, 2.75) is 71.3 Å². The predicted octanol–water partition coefficient (Wildman–Crippen LogP) is 7.83. The number of ether oxygens (including phenoxy) is 1. The molecule has 1 nitrogen and oxygen atoms in total. The Morgan fingerprint density at radius 1 is 0.839 bits per heavy atom. The minimum Gasteiger partial charge on any atom is -0.368 e. The highest BCUT2D eigenvalue weighted by Gasteiger charge is 2.31. The van der Waals surface area contributed by atoms with Crippen molar-refractivity contribution in [1.82, 2.24) is 0 Å². The number of halogens is 4. The lowest BCUT2D eigenvalue weighted by Crippen LogP contribution is -2.15. The third kappa shape index (κ3) is 4.67. The van der Waals surface area contributed by atoms with Gasteiger partial charge in [0.25, 0.3) is 0 Å². The van der Waals surface area contributed by atoms with E-state index in [0.29, 0.717) is 30.1 Å². The van der Waals surface area contributed by atoms with E-state index >= 15 is 0 Å². The second-order valence-corrected chi connectivity index (χ2v) is 9.21. The van der Waals surface area contributed by atoms with Crippen LogP contribution in [0, 0.1) is 42.0 Å². The number of benzene rings is 2. The summed E-state index contributed by atoms with van der Waals surface area (Å²) in [7, 11) is 0. The first-order chi connectivity index (χ1) is 14.9. The van der Waals surface area contributed by atoms with Crippen LogP contribution in [0.15, 0.2) is 18.2 Å². The van der Waals surface area contributed by atoms with Crippen LogP contribution in [0.3, 0.4) is 0 Å². The van der Waals surface area contributed by atoms with Gasteiger partial charge in [0.2, 0.25) is 0 Å². The molecule has 1 unspecified atom stereocenters. The highest BCUT2D eigenvalue weighted by Crippen LogP contribution is 2.38. The molecule has 2 aromatic carbocycles. The lowest BCUT2D eigenvalue weighted by atomic mass is 9.78. The minimum atomic E-state index is -1.16. The van der Waals surface area contributed by atoms with Crippen LogP contribution in [0.1, 0.15) is 74.7 Å². The van der Waals surface area contributed by atoms with Crippen LogP contribution in [-0.2, 0) is 11.2 Å². The lowest BCUT2D eigenvalue weighted by Gasteiger charge is -2.28. The third-order valence-corrected chi connectivity index (χ3v) is 7.08. The number of aryl methyl sites for hydroxylation is 1. The van der Waals surface area contributed by atoms with Crippen molar-refractivity contribution in [3.8, 4) is 11.1 Å². The van der Waals surface area contributed by atoms with E-state index < -0.39 is 29.4 Å². The zero-order chi connectivity index (χ0) is 22.1. The summed E-state index contributed by atoms with van der Waals surface area (Å²) in [5.74, 6) is -2.92. The Kier molecular flexibility index (Phi) is 6.71. The van der Waals surface area contributed by atoms with Crippen LogP contribution in [0.4, 0.5) is 17.6 Å². The molecule has 0 bridgehead atoms. The van der Waals surface area contributed by atoms with E-state index in [1.165, 1.54) is 43.9 Å². The first kappa shape index (κ1) is 22.3. The van der Waals surface area contributed by atoms with Crippen molar-refractivity contribution in [3.63, 3.8) is 0 Å². The summed E-state index contributed by atoms with van der Waals surface area (Å²) >= 11 is 0. The second kappa shape index (κ2) is 9.32. The van der Waals surface area contributed by atoms with Crippen molar-refractivity contribution in [2.24, 2.45) is 11.8 Å². The summed E-state index contributed by atoms with van der Waals surface area (Å²) in [6.07, 6.45) is 8.07. The Bertz CT molecular complexity index is 943. The van der Waals surface area contributed by atoms with Crippen molar-refractivity contribution in [3.05, 3.63) is 58.2 Å². The van der Waals surface area contributed by atoms with Gasteiger partial charge in [-0.25, -0.2) is 17.6 Å². The zero-order valence-electron chi connectivity index (χ0n) is 18.2. The van der Waals surface area contributed by atoms with E-state index in [-0.39, 0.29) is 16.7 Å². The summed E-state index contributed by atoms with van der Waals surface area (Å²) < 4.78 is 63.9. The normalized spacial score (nSPS) is 23.2. The van der Waals surface area contributed by atoms with Crippen LogP contribution in [0.25, 0.3) is 11.1 Å². The van der Waals surface area contributed by atoms with E-state index in [4.69, 9.17) is 4.74 Å². The molecule has 2 aliphatic rings. The Morgan fingerprint density at radius 3 is 2.06 bits per heavy atom. The van der Waals surface area contributed by atoms with Gasteiger partial charge in [-0.2, -0.15) is 0 Å². The molecule has 1 heterocycles. The van der Waals surface area contributed by atoms with Gasteiger partial charge in [0.1, 0.15) is 6.10 Å². The fourth-order valence-corrected chi connectivity index (χ4v) is 5.11. The average molecular weight is 435 g/mol. The maximum absolute atomic E-state index is 15.0. The largest absolute Gasteiger partial charge is 0.368 e. The number of epoxide rings is 1. The monoisotopic (exact) mass is 434 g/mol. The molecule has 2 fully saturated rings. The van der Waals surface area contributed by atoms with Gasteiger partial charge in [-0.15, -0.1) is 0 Å². The third-order valence-electron chi connectivity index (χ3n) is 7.08. The molecule has 0 N–H and O–H groups in total. The molecule has 1 saturated heterocycles. The van der Waals surface area contributed by atoms with Gasteiger partial charge >= 0.3 is 0 Å². The molecule has 1 aliphatic carbocycles. The Hall–Kier alpha value is -1.88. The van der Waals surface area contributed by atoms with Gasteiger partial charge in [-0.05, 0) is 48.8 Å². The molecule has 0 spiro atoms. The van der Waals surface area contributed by atoms with E-state index in [1.54, 1.807) is 6.92 Å². The van der Waals surface area contributed by atoms with Crippen LogP contribution in [0.5, 0.6) is 0 Å². The van der Waals surface area contributed by atoms with Crippen LogP contribution >= 0.6 is 0 Å². The van der Waals surface area contributed by atoms with E-state index in [1.807, 2.05) is 0 Å². The average Bonchev–Trinajstić information content (AvgIpc) is 3.59. The summed E-state index contributed by atoms with van der Waals surface area (Å²) in [5, 5.41) is 0. The quantitative estimate of drug-likeness (QED) is 0.320. The highest BCUT2D eigenvalue weighted by molar-refractivity contribution is 5.67. The predicted molar refractivity (Wildman–Crippen MR) is 114 cm³/mol. The molecule has 4 rings (SSSR count). The molecule has 1 saturated carbocycles. The Balaban J connectivity index is 1.51. The Labute approximate surface area is 181 Å². The van der Waals surface area contributed by atoms with Gasteiger partial charge in [-0.1, -0.05) is 57.6 Å². The summed E-state index contributed by atoms with van der Waals surface area (Å²) in [6.45, 7) is 4.26. The van der Waals surface area contributed by atoms with Gasteiger partial charge in [0.15, 0.2) is 23.3 Å². The summed E-state index contributed by atoms with van der Waals surface area (Å²) in [5.41, 5.74) is 0.536. The topological polar surface area (TPSA) is 12.5 Å². The smallest absolute Gasteiger partial charge is 0.167 e. The van der Waals surface area contributed by atoms with E-state index in [9.17, 15) is 17.6 Å². The number of hydrogen-bond acceptors (Lipinski definition) is 1. The van der Waals surface area contributed by atoms with Crippen LogP contribution < -0.4 is 0 Å². The first-order valence-corrected chi connectivity index (χ1v) is 11.5. The molecule has 2 aromatic rings. The van der Waals surface area contributed by atoms with Gasteiger partial charge in [0, 0.05) is 16.7 Å². The molecular formula is C26H30F4O. The van der Waals surface area contributed by atoms with Crippen molar-refractivity contribution < 1.29 is 22.3 Å². The summed E-state index contributed by atoms with van der Waals surface area (Å²) in [4.78, 5) is 0. The van der Waals surface area contributed by atoms with Gasteiger partial charge < -0.3 is 4.74 Å². The van der Waals surface area contributed by atoms with E-state index in [2.05, 4.69) is 6.92 Å². The fraction of sp³-hybridized carbons (Fsp3) is 0.538. The van der Waals surface area contributed by atoms with E-state index in [0.717, 1.165) is 25.2 Å². The zero-order valence-corrected chi connectivity index (χ0v) is 18.2. The van der Waals surface area contributed by atoms with Crippen LogP contribution in [0.2, 0.25) is 0 Å². The molecule has 0 radical (unpaired) electrons. The first-order valence-electron chi connectivity index (χ1n) is 11.5. The van der Waals surface area contributed by atoms with Crippen molar-refractivity contribution in [1.29, 1.82) is 0 Å². The van der Waals surface area contributed by atoms with Gasteiger partial charge in [0.05, 0.1) is 6.61 Å². The Morgan fingerprint density at radius 2 is 1.45 bits per heavy atom. The highest BCUT2D eigenvalue weighted by atomic mass is 19.2. The number of rotatable bonds is 7. The van der Waals surface area contributed by atoms with Crippen LogP contribution in [-0.4, -0.2) is 6.61 Å². The molecule has 168 valence electrons. The fourth-order valence-electron chi connectivity index (χ4n) is 5.11. The molecule has 1 aliphatic heterocycles. The summed E-state index contributed by atoms with van der Waals surface area (Å²) in [6, 6.07) is 4.14. The minimum absolute atomic E-state index is 0.115. The molecule has 31 heavy (non-hydrogen) atoms. The second-order valence-electron chi connectivity index (χ2n) is 9.21. The molecule has 1 atom stereocenters. The lowest BCUT2D eigenvalue weighted by molar-refractivity contribution is 0.251. The molecule has 0 amide bonds. The molecule has 5 heteroatoms. The van der Waals surface area contributed by atoms with Crippen molar-refractivity contribution in [2.75, 3.05) is 6.61 Å². The van der Waals surface area contributed by atoms with Gasteiger partial charge in [-0.3, -0.25) is 0 Å². The number of hydrogen-bond donors (Lipinski definition) is 0. The van der Waals surface area contributed by atoms with Crippen molar-refractivity contribution >= 4 is 0 Å². The maximum Gasteiger partial charge on any atom is 0.167 e. The SMILES string of the molecule is CCCC1CCC(CCc2c(C)cc(-c3ccc(C4CO4)c(F)c3F)c(F)c2F)CC1. The molecule has 0 aromatic heterocycles.